The summed E-state index contributed by atoms with van der Waals surface area (Å²) in [6, 6.07) is 8.93. The average molecular weight is 382 g/mol. The third kappa shape index (κ3) is 5.14. The molecule has 2 rings (SSSR count). The van der Waals surface area contributed by atoms with Crippen LogP contribution in [0.4, 0.5) is 0 Å². The number of carbonyl (C=O) groups excluding carboxylic acids is 1. The van der Waals surface area contributed by atoms with Gasteiger partial charge in [0.15, 0.2) is 5.96 Å². The molecule has 0 saturated carbocycles. The van der Waals surface area contributed by atoms with E-state index < -0.39 is 5.91 Å². The van der Waals surface area contributed by atoms with Crippen molar-refractivity contribution < 1.29 is 4.79 Å². The molecule has 1 heterocycles. The number of aromatic nitrogens is 1. The first kappa shape index (κ1) is 19.1. The molecule has 1 aromatic carbocycles. The van der Waals surface area contributed by atoms with E-state index >= 15 is 0 Å². The molecule has 0 spiro atoms. The maximum Gasteiger partial charge on any atom is 0.248 e. The fourth-order valence-corrected chi connectivity index (χ4v) is 2.68. The number of guanidine groups is 1. The Hall–Kier alpha value is -2.18. The Balaban J connectivity index is 2.06. The average Bonchev–Trinajstić information content (AvgIpc) is 2.84. The smallest absolute Gasteiger partial charge is 0.248 e. The first-order valence-electron chi connectivity index (χ1n) is 7.83. The molecule has 0 bridgehead atoms. The second kappa shape index (κ2) is 8.78. The summed E-state index contributed by atoms with van der Waals surface area (Å²) in [5, 5.41) is 7.43. The summed E-state index contributed by atoms with van der Waals surface area (Å²) in [6.07, 6.45) is 0. The van der Waals surface area contributed by atoms with Gasteiger partial charge in [-0.05, 0) is 30.7 Å². The van der Waals surface area contributed by atoms with E-state index in [0.29, 0.717) is 34.8 Å². The maximum absolute atomic E-state index is 11.3. The van der Waals surface area contributed by atoms with Crippen LogP contribution in [0.1, 0.15) is 28.5 Å². The molecule has 134 valence electrons. The molecule has 0 aliphatic heterocycles. The zero-order chi connectivity index (χ0) is 18.4. The molecular formula is C17H21Cl2N5O. The van der Waals surface area contributed by atoms with Gasteiger partial charge in [-0.2, -0.15) is 0 Å². The number of rotatable bonds is 6. The Morgan fingerprint density at radius 2 is 2.04 bits per heavy atom. The lowest BCUT2D eigenvalue weighted by Gasteiger charge is -2.12. The molecule has 6 nitrogen and oxygen atoms in total. The number of benzene rings is 1. The lowest BCUT2D eigenvalue weighted by atomic mass is 10.1. The van der Waals surface area contributed by atoms with Crippen LogP contribution < -0.4 is 16.4 Å². The molecule has 2 aromatic rings. The zero-order valence-electron chi connectivity index (χ0n) is 14.1. The number of primary amides is 1. The van der Waals surface area contributed by atoms with Crippen LogP contribution in [0.15, 0.2) is 35.3 Å². The van der Waals surface area contributed by atoms with E-state index in [4.69, 9.17) is 28.9 Å². The van der Waals surface area contributed by atoms with Gasteiger partial charge in [-0.25, -0.2) is 4.99 Å². The van der Waals surface area contributed by atoms with Crippen LogP contribution in [0.25, 0.3) is 0 Å². The number of aliphatic imine (C=N–C) groups is 1. The summed E-state index contributed by atoms with van der Waals surface area (Å²) in [5.74, 6) is 0.203. The molecule has 0 fully saturated rings. The molecule has 0 atom stereocenters. The molecule has 0 aliphatic rings. The van der Waals surface area contributed by atoms with E-state index in [-0.39, 0.29) is 0 Å². The number of hydrogen-bond donors (Lipinski definition) is 3. The van der Waals surface area contributed by atoms with E-state index in [9.17, 15) is 4.79 Å². The van der Waals surface area contributed by atoms with Crippen LogP contribution in [0.2, 0.25) is 10.2 Å². The van der Waals surface area contributed by atoms with Crippen molar-refractivity contribution >= 4 is 35.1 Å². The SMILES string of the molecule is CCNC(=NCc1cccc(C(N)=O)c1)NCc1cc(Cl)c(Cl)n1C. The first-order chi connectivity index (χ1) is 11.9. The molecule has 1 aromatic heterocycles. The highest BCUT2D eigenvalue weighted by molar-refractivity contribution is 6.41. The monoisotopic (exact) mass is 381 g/mol. The van der Waals surface area contributed by atoms with Gasteiger partial charge in [0.1, 0.15) is 5.15 Å². The Morgan fingerprint density at radius 3 is 2.64 bits per heavy atom. The predicted octanol–water partition coefficient (Wildman–Crippen LogP) is 2.69. The second-order valence-corrected chi connectivity index (χ2v) is 6.21. The predicted molar refractivity (Wildman–Crippen MR) is 102 cm³/mol. The van der Waals surface area contributed by atoms with Crippen LogP contribution in [-0.4, -0.2) is 23.0 Å². The number of amides is 1. The Morgan fingerprint density at radius 1 is 1.28 bits per heavy atom. The minimum absolute atomic E-state index is 0.422. The van der Waals surface area contributed by atoms with Gasteiger partial charge in [0, 0.05) is 24.8 Å². The molecule has 0 aliphatic carbocycles. The van der Waals surface area contributed by atoms with Crippen molar-refractivity contribution in [3.05, 3.63) is 57.3 Å². The van der Waals surface area contributed by atoms with Crippen molar-refractivity contribution in [1.82, 2.24) is 15.2 Å². The van der Waals surface area contributed by atoms with Crippen molar-refractivity contribution in [2.45, 2.75) is 20.0 Å². The second-order valence-electron chi connectivity index (χ2n) is 5.45. The molecule has 4 N–H and O–H groups in total. The van der Waals surface area contributed by atoms with Gasteiger partial charge in [0.2, 0.25) is 5.91 Å². The fourth-order valence-electron chi connectivity index (χ4n) is 2.27. The molecule has 1 amide bonds. The number of nitrogens with zero attached hydrogens (tertiary/aromatic N) is 2. The standard InChI is InChI=1S/C17H21Cl2N5O/c1-3-21-17(23-10-13-8-14(18)15(19)24(13)2)22-9-11-5-4-6-12(7-11)16(20)25/h4-8H,3,9-10H2,1-2H3,(H2,20,25)(H2,21,22,23). The van der Waals surface area contributed by atoms with Crippen LogP contribution in [0.3, 0.4) is 0 Å². The van der Waals surface area contributed by atoms with Gasteiger partial charge in [0.25, 0.3) is 0 Å². The van der Waals surface area contributed by atoms with E-state index in [1.54, 1.807) is 18.2 Å². The van der Waals surface area contributed by atoms with Crippen molar-refractivity contribution in [3.63, 3.8) is 0 Å². The minimum Gasteiger partial charge on any atom is -0.366 e. The van der Waals surface area contributed by atoms with E-state index in [1.165, 1.54) is 0 Å². The third-order valence-corrected chi connectivity index (χ3v) is 4.47. The maximum atomic E-state index is 11.3. The van der Waals surface area contributed by atoms with Crippen LogP contribution >= 0.6 is 23.2 Å². The van der Waals surface area contributed by atoms with Gasteiger partial charge >= 0.3 is 0 Å². The van der Waals surface area contributed by atoms with Crippen LogP contribution in [0.5, 0.6) is 0 Å². The fraction of sp³-hybridized carbons (Fsp3) is 0.294. The van der Waals surface area contributed by atoms with Crippen molar-refractivity contribution in [2.24, 2.45) is 17.8 Å². The van der Waals surface area contributed by atoms with Gasteiger partial charge in [0.05, 0.1) is 18.1 Å². The van der Waals surface area contributed by atoms with Gasteiger partial charge < -0.3 is 20.9 Å². The summed E-state index contributed by atoms with van der Waals surface area (Å²) >= 11 is 12.1. The number of hydrogen-bond acceptors (Lipinski definition) is 2. The van der Waals surface area contributed by atoms with Gasteiger partial charge in [-0.1, -0.05) is 35.3 Å². The van der Waals surface area contributed by atoms with Crippen molar-refractivity contribution in [1.29, 1.82) is 0 Å². The Labute approximate surface area is 157 Å². The van der Waals surface area contributed by atoms with E-state index in [2.05, 4.69) is 15.6 Å². The lowest BCUT2D eigenvalue weighted by Crippen LogP contribution is -2.37. The zero-order valence-corrected chi connectivity index (χ0v) is 15.7. The minimum atomic E-state index is -0.451. The molecular weight excluding hydrogens is 361 g/mol. The quantitative estimate of drug-likeness (QED) is 0.531. The number of halogens is 2. The molecule has 0 radical (unpaired) electrons. The highest BCUT2D eigenvalue weighted by Gasteiger charge is 2.09. The normalized spacial score (nSPS) is 11.4. The largest absolute Gasteiger partial charge is 0.366 e. The summed E-state index contributed by atoms with van der Waals surface area (Å²) in [7, 11) is 1.85. The van der Waals surface area contributed by atoms with Crippen LogP contribution in [-0.2, 0) is 20.1 Å². The number of nitrogens with one attached hydrogen (secondary N) is 2. The summed E-state index contributed by atoms with van der Waals surface area (Å²) < 4.78 is 1.82. The van der Waals surface area contributed by atoms with Gasteiger partial charge in [-0.3, -0.25) is 4.79 Å². The third-order valence-electron chi connectivity index (χ3n) is 3.63. The van der Waals surface area contributed by atoms with E-state index in [1.807, 2.05) is 30.7 Å². The highest BCUT2D eigenvalue weighted by atomic mass is 35.5. The van der Waals surface area contributed by atoms with Crippen molar-refractivity contribution in [2.75, 3.05) is 6.54 Å². The molecule has 25 heavy (non-hydrogen) atoms. The number of nitrogens with two attached hydrogens (primary N) is 1. The summed E-state index contributed by atoms with van der Waals surface area (Å²) in [6.45, 7) is 3.66. The van der Waals surface area contributed by atoms with E-state index in [0.717, 1.165) is 17.8 Å². The Kier molecular flexibility index (Phi) is 6.73. The molecule has 0 saturated heterocycles. The lowest BCUT2D eigenvalue weighted by molar-refractivity contribution is 0.1000. The topological polar surface area (TPSA) is 84.4 Å². The summed E-state index contributed by atoms with van der Waals surface area (Å²) in [4.78, 5) is 15.8. The van der Waals surface area contributed by atoms with Crippen molar-refractivity contribution in [3.8, 4) is 0 Å². The van der Waals surface area contributed by atoms with Gasteiger partial charge in [-0.15, -0.1) is 0 Å². The Bertz CT molecular complexity index is 785. The van der Waals surface area contributed by atoms with Crippen LogP contribution in [0, 0.1) is 0 Å². The summed E-state index contributed by atoms with van der Waals surface area (Å²) in [5.41, 5.74) is 7.62. The molecule has 0 unspecified atom stereocenters. The molecule has 8 heteroatoms. The first-order valence-corrected chi connectivity index (χ1v) is 8.58. The highest BCUT2D eigenvalue weighted by Crippen LogP contribution is 2.24. The number of carbonyl (C=O) groups is 1.